The van der Waals surface area contributed by atoms with E-state index >= 15 is 0 Å². The molecule has 0 saturated carbocycles. The molecule has 0 aliphatic carbocycles. The Morgan fingerprint density at radius 3 is 2.27 bits per heavy atom. The molecule has 1 unspecified atom stereocenters. The highest BCUT2D eigenvalue weighted by molar-refractivity contribution is 7.89. The number of aliphatic hydroxyl groups excluding tert-OH is 1. The normalized spacial score (nSPS) is 12.8. The number of sulfonamides is 1. The topological polar surface area (TPSA) is 110 Å². The van der Waals surface area contributed by atoms with Crippen LogP contribution in [0.4, 0.5) is 5.69 Å². The Labute approximate surface area is 127 Å². The summed E-state index contributed by atoms with van der Waals surface area (Å²) in [5.41, 5.74) is 0.0481. The smallest absolute Gasteiger partial charge is 0.289 e. The maximum Gasteiger partial charge on any atom is 0.289 e. The molecular formula is C14H14N2O5S. The van der Waals surface area contributed by atoms with Gasteiger partial charge in [0.05, 0.1) is 17.6 Å². The fourth-order valence-electron chi connectivity index (χ4n) is 1.98. The van der Waals surface area contributed by atoms with E-state index in [2.05, 4.69) is 4.72 Å². The maximum atomic E-state index is 12.4. The van der Waals surface area contributed by atoms with Crippen molar-refractivity contribution >= 4 is 15.7 Å². The van der Waals surface area contributed by atoms with E-state index in [0.29, 0.717) is 5.56 Å². The Bertz CT molecular complexity index is 762. The summed E-state index contributed by atoms with van der Waals surface area (Å²) in [6.07, 6.45) is 0. The van der Waals surface area contributed by atoms with Gasteiger partial charge < -0.3 is 5.11 Å². The number of nitrogens with zero attached hydrogens (tertiary/aromatic N) is 1. The minimum absolute atomic E-state index is 0.436. The number of nitro groups is 1. The molecule has 22 heavy (non-hydrogen) atoms. The van der Waals surface area contributed by atoms with Gasteiger partial charge in [-0.05, 0) is 11.6 Å². The first-order chi connectivity index (χ1) is 10.5. The molecular weight excluding hydrogens is 308 g/mol. The van der Waals surface area contributed by atoms with E-state index in [1.807, 2.05) is 0 Å². The second kappa shape index (κ2) is 6.65. The van der Waals surface area contributed by atoms with Crippen LogP contribution in [-0.4, -0.2) is 25.1 Å². The van der Waals surface area contributed by atoms with Gasteiger partial charge in [0, 0.05) is 6.07 Å². The van der Waals surface area contributed by atoms with Gasteiger partial charge in [-0.2, -0.15) is 0 Å². The van der Waals surface area contributed by atoms with Crippen molar-refractivity contribution in [2.75, 3.05) is 6.61 Å². The standard InChI is InChI=1S/C14H14N2O5S/c17-10-12(11-6-2-1-3-7-11)15-22(20,21)14-9-5-4-8-13(14)16(18)19/h1-9,12,15,17H,10H2. The lowest BCUT2D eigenvalue weighted by molar-refractivity contribution is -0.387. The lowest BCUT2D eigenvalue weighted by Gasteiger charge is -2.16. The van der Waals surface area contributed by atoms with Crippen LogP contribution in [0.3, 0.4) is 0 Å². The second-order valence-electron chi connectivity index (χ2n) is 4.49. The molecule has 0 aliphatic heterocycles. The van der Waals surface area contributed by atoms with Crippen molar-refractivity contribution in [2.24, 2.45) is 0 Å². The minimum Gasteiger partial charge on any atom is -0.394 e. The number of rotatable bonds is 6. The van der Waals surface area contributed by atoms with E-state index in [9.17, 15) is 23.6 Å². The molecule has 0 amide bonds. The monoisotopic (exact) mass is 322 g/mol. The van der Waals surface area contributed by atoms with Crippen molar-refractivity contribution < 1.29 is 18.4 Å². The SMILES string of the molecule is O=[N+]([O-])c1ccccc1S(=O)(=O)NC(CO)c1ccccc1. The largest absolute Gasteiger partial charge is 0.394 e. The highest BCUT2D eigenvalue weighted by Crippen LogP contribution is 2.24. The molecule has 0 radical (unpaired) electrons. The molecule has 2 rings (SSSR count). The van der Waals surface area contributed by atoms with Gasteiger partial charge in [-0.3, -0.25) is 10.1 Å². The van der Waals surface area contributed by atoms with Gasteiger partial charge >= 0.3 is 0 Å². The summed E-state index contributed by atoms with van der Waals surface area (Å²) in [5.74, 6) is 0. The summed E-state index contributed by atoms with van der Waals surface area (Å²) < 4.78 is 27.0. The Hall–Kier alpha value is -2.29. The molecule has 2 aromatic carbocycles. The molecule has 2 N–H and O–H groups in total. The van der Waals surface area contributed by atoms with E-state index in [4.69, 9.17) is 0 Å². The van der Waals surface area contributed by atoms with Crippen LogP contribution in [0.1, 0.15) is 11.6 Å². The number of para-hydroxylation sites is 1. The van der Waals surface area contributed by atoms with Crippen molar-refractivity contribution in [3.63, 3.8) is 0 Å². The van der Waals surface area contributed by atoms with Crippen LogP contribution in [0.5, 0.6) is 0 Å². The van der Waals surface area contributed by atoms with Crippen molar-refractivity contribution in [1.82, 2.24) is 4.72 Å². The van der Waals surface area contributed by atoms with E-state index in [0.717, 1.165) is 12.1 Å². The number of nitrogens with one attached hydrogen (secondary N) is 1. The van der Waals surface area contributed by atoms with Gasteiger partial charge in [0.2, 0.25) is 10.0 Å². The molecule has 0 spiro atoms. The molecule has 0 fully saturated rings. The van der Waals surface area contributed by atoms with Gasteiger partial charge in [-0.1, -0.05) is 42.5 Å². The molecule has 0 aliphatic rings. The van der Waals surface area contributed by atoms with Gasteiger partial charge in [-0.15, -0.1) is 0 Å². The van der Waals surface area contributed by atoms with Crippen molar-refractivity contribution in [2.45, 2.75) is 10.9 Å². The maximum absolute atomic E-state index is 12.4. The summed E-state index contributed by atoms with van der Waals surface area (Å²) >= 11 is 0. The molecule has 0 aromatic heterocycles. The van der Waals surface area contributed by atoms with Crippen LogP contribution in [-0.2, 0) is 10.0 Å². The van der Waals surface area contributed by atoms with Crippen LogP contribution >= 0.6 is 0 Å². The number of benzene rings is 2. The Morgan fingerprint density at radius 2 is 1.68 bits per heavy atom. The van der Waals surface area contributed by atoms with Crippen LogP contribution in [0.2, 0.25) is 0 Å². The van der Waals surface area contributed by atoms with Gasteiger partial charge in [0.15, 0.2) is 4.90 Å². The number of hydrogen-bond acceptors (Lipinski definition) is 5. The Balaban J connectivity index is 2.37. The first-order valence-electron chi connectivity index (χ1n) is 6.37. The van der Waals surface area contributed by atoms with E-state index in [1.54, 1.807) is 30.3 Å². The summed E-state index contributed by atoms with van der Waals surface area (Å²) in [6, 6.07) is 12.7. The zero-order valence-electron chi connectivity index (χ0n) is 11.4. The molecule has 8 heteroatoms. The van der Waals surface area contributed by atoms with E-state index < -0.39 is 38.2 Å². The van der Waals surface area contributed by atoms with Gasteiger partial charge in [0.25, 0.3) is 5.69 Å². The quantitative estimate of drug-likeness (QED) is 0.620. The van der Waals surface area contributed by atoms with Crippen molar-refractivity contribution in [1.29, 1.82) is 0 Å². The van der Waals surface area contributed by atoms with Crippen molar-refractivity contribution in [3.05, 3.63) is 70.3 Å². The summed E-state index contributed by atoms with van der Waals surface area (Å²) in [7, 11) is -4.15. The first-order valence-corrected chi connectivity index (χ1v) is 7.85. The Morgan fingerprint density at radius 1 is 1.09 bits per heavy atom. The molecule has 1 atom stereocenters. The number of nitro benzene ring substituents is 1. The molecule has 116 valence electrons. The fraction of sp³-hybridized carbons (Fsp3) is 0.143. The number of aliphatic hydroxyl groups is 1. The van der Waals surface area contributed by atoms with Gasteiger partial charge in [-0.25, -0.2) is 13.1 Å². The zero-order chi connectivity index (χ0) is 16.2. The minimum atomic E-state index is -4.15. The third-order valence-electron chi connectivity index (χ3n) is 3.03. The highest BCUT2D eigenvalue weighted by Gasteiger charge is 2.27. The predicted molar refractivity (Wildman–Crippen MR) is 79.7 cm³/mol. The Kier molecular flexibility index (Phi) is 4.86. The second-order valence-corrected chi connectivity index (χ2v) is 6.17. The lowest BCUT2D eigenvalue weighted by Crippen LogP contribution is -2.31. The van der Waals surface area contributed by atoms with Crippen LogP contribution in [0.25, 0.3) is 0 Å². The predicted octanol–water partition coefficient (Wildman–Crippen LogP) is 1.61. The molecule has 0 heterocycles. The molecule has 2 aromatic rings. The fourth-order valence-corrected chi connectivity index (χ4v) is 3.37. The van der Waals surface area contributed by atoms with E-state index in [1.165, 1.54) is 12.1 Å². The van der Waals surface area contributed by atoms with Gasteiger partial charge in [0.1, 0.15) is 0 Å². The average Bonchev–Trinajstić information content (AvgIpc) is 2.53. The summed E-state index contributed by atoms with van der Waals surface area (Å²) in [6.45, 7) is -0.468. The van der Waals surface area contributed by atoms with Crippen LogP contribution in [0.15, 0.2) is 59.5 Å². The molecule has 7 nitrogen and oxygen atoms in total. The lowest BCUT2D eigenvalue weighted by atomic mass is 10.1. The third kappa shape index (κ3) is 3.48. The van der Waals surface area contributed by atoms with Crippen LogP contribution in [0, 0.1) is 10.1 Å². The first kappa shape index (κ1) is 16.1. The molecule has 0 bridgehead atoms. The highest BCUT2D eigenvalue weighted by atomic mass is 32.2. The zero-order valence-corrected chi connectivity index (χ0v) is 12.2. The average molecular weight is 322 g/mol. The summed E-state index contributed by atoms with van der Waals surface area (Å²) in [5, 5.41) is 20.4. The van der Waals surface area contributed by atoms with Crippen LogP contribution < -0.4 is 4.72 Å². The third-order valence-corrected chi connectivity index (χ3v) is 4.55. The number of hydrogen-bond donors (Lipinski definition) is 2. The summed E-state index contributed by atoms with van der Waals surface area (Å²) in [4.78, 5) is 9.76. The van der Waals surface area contributed by atoms with E-state index in [-0.39, 0.29) is 0 Å². The van der Waals surface area contributed by atoms with Crippen molar-refractivity contribution in [3.8, 4) is 0 Å². The molecule has 0 saturated heterocycles.